The third-order valence-corrected chi connectivity index (χ3v) is 6.24. The van der Waals surface area contributed by atoms with Crippen molar-refractivity contribution in [2.75, 3.05) is 13.2 Å². The number of aryl methyl sites for hydroxylation is 2. The van der Waals surface area contributed by atoms with Gasteiger partial charge in [-0.25, -0.2) is 9.67 Å². The quantitative estimate of drug-likeness (QED) is 0.633. The van der Waals surface area contributed by atoms with Crippen molar-refractivity contribution in [3.8, 4) is 0 Å². The largest absolute Gasteiger partial charge is 0.377 e. The normalized spacial score (nSPS) is 33.0. The monoisotopic (exact) mass is 360 g/mol. The van der Waals surface area contributed by atoms with Gasteiger partial charge in [-0.1, -0.05) is 13.8 Å². The lowest BCUT2D eigenvalue weighted by molar-refractivity contribution is -0.188. The van der Waals surface area contributed by atoms with E-state index >= 15 is 0 Å². The zero-order chi connectivity index (χ0) is 18.3. The summed E-state index contributed by atoms with van der Waals surface area (Å²) in [4.78, 5) is 9.21. The maximum absolute atomic E-state index is 6.04. The minimum atomic E-state index is 0.143. The lowest BCUT2D eigenvalue weighted by Crippen LogP contribution is -2.71. The van der Waals surface area contributed by atoms with E-state index in [0.717, 1.165) is 50.1 Å². The van der Waals surface area contributed by atoms with Gasteiger partial charge in [-0.3, -0.25) is 4.99 Å². The average molecular weight is 361 g/mol. The molecule has 3 aliphatic rings. The van der Waals surface area contributed by atoms with Crippen molar-refractivity contribution in [1.82, 2.24) is 25.4 Å². The Kier molecular flexibility index (Phi) is 4.67. The van der Waals surface area contributed by atoms with Gasteiger partial charge in [0.05, 0.1) is 12.6 Å². The molecule has 3 heterocycles. The number of aromatic nitrogens is 3. The summed E-state index contributed by atoms with van der Waals surface area (Å²) in [6.45, 7) is 11.2. The lowest BCUT2D eigenvalue weighted by atomic mass is 9.55. The second-order valence-electron chi connectivity index (χ2n) is 8.50. The number of nitrogens with one attached hydrogen (secondary N) is 2. The lowest BCUT2D eigenvalue weighted by Gasteiger charge is -2.60. The van der Waals surface area contributed by atoms with E-state index in [0.29, 0.717) is 24.1 Å². The van der Waals surface area contributed by atoms with E-state index in [-0.39, 0.29) is 5.41 Å². The van der Waals surface area contributed by atoms with Gasteiger partial charge in [-0.15, -0.1) is 0 Å². The maximum Gasteiger partial charge on any atom is 0.191 e. The average Bonchev–Trinajstić information content (AvgIpc) is 2.99. The van der Waals surface area contributed by atoms with Crippen LogP contribution in [0.25, 0.3) is 0 Å². The fraction of sp³-hybridized carbons (Fsp3) is 0.842. The van der Waals surface area contributed by atoms with Crippen molar-refractivity contribution < 1.29 is 4.74 Å². The molecule has 1 aromatic rings. The Labute approximate surface area is 156 Å². The van der Waals surface area contributed by atoms with E-state index in [1.54, 1.807) is 0 Å². The first-order chi connectivity index (χ1) is 12.5. The first-order valence-corrected chi connectivity index (χ1v) is 10.1. The van der Waals surface area contributed by atoms with Gasteiger partial charge in [-0.05, 0) is 33.1 Å². The van der Waals surface area contributed by atoms with E-state index < -0.39 is 0 Å². The standard InChI is InChI=1S/C19H32N6O/c1-5-20-18(22-13-8-9-15-21-12(2)24-25(15)11-13)23-16-14-7-6-10-26-17(14)19(16,3)4/h13-14,16-17H,5-11H2,1-4H3,(H2,20,22,23). The van der Waals surface area contributed by atoms with E-state index in [9.17, 15) is 0 Å². The molecule has 1 aromatic heterocycles. The van der Waals surface area contributed by atoms with Gasteiger partial charge in [0.1, 0.15) is 11.6 Å². The third kappa shape index (κ3) is 3.10. The van der Waals surface area contributed by atoms with Crippen molar-refractivity contribution in [3.63, 3.8) is 0 Å². The zero-order valence-corrected chi connectivity index (χ0v) is 16.5. The molecule has 7 nitrogen and oxygen atoms in total. The number of fused-ring (bicyclic) bond motifs is 2. The summed E-state index contributed by atoms with van der Waals surface area (Å²) in [5, 5.41) is 11.9. The number of rotatable bonds is 3. The van der Waals surface area contributed by atoms with Crippen molar-refractivity contribution in [1.29, 1.82) is 0 Å². The summed E-state index contributed by atoms with van der Waals surface area (Å²) < 4.78 is 8.08. The second kappa shape index (κ2) is 6.83. The van der Waals surface area contributed by atoms with E-state index in [4.69, 9.17) is 9.73 Å². The van der Waals surface area contributed by atoms with Crippen LogP contribution in [-0.4, -0.2) is 52.1 Å². The van der Waals surface area contributed by atoms with Gasteiger partial charge in [0, 0.05) is 43.0 Å². The van der Waals surface area contributed by atoms with Gasteiger partial charge in [0.2, 0.25) is 0 Å². The van der Waals surface area contributed by atoms with Crippen LogP contribution in [0.2, 0.25) is 0 Å². The van der Waals surface area contributed by atoms with Crippen molar-refractivity contribution >= 4 is 5.96 Å². The zero-order valence-electron chi connectivity index (χ0n) is 16.5. The van der Waals surface area contributed by atoms with Crippen LogP contribution in [-0.2, 0) is 17.7 Å². The summed E-state index contributed by atoms with van der Waals surface area (Å²) >= 11 is 0. The molecule has 0 bridgehead atoms. The molecule has 0 amide bonds. The predicted octanol–water partition coefficient (Wildman–Crippen LogP) is 1.66. The summed E-state index contributed by atoms with van der Waals surface area (Å²) in [6, 6.07) is 0.751. The molecule has 2 N–H and O–H groups in total. The molecule has 144 valence electrons. The van der Waals surface area contributed by atoms with Gasteiger partial charge in [0.15, 0.2) is 5.96 Å². The summed E-state index contributed by atoms with van der Waals surface area (Å²) in [6.07, 6.45) is 4.82. The molecule has 1 saturated heterocycles. The van der Waals surface area contributed by atoms with Crippen LogP contribution in [0.1, 0.15) is 51.7 Å². The minimum Gasteiger partial charge on any atom is -0.377 e. The molecule has 0 spiro atoms. The molecule has 7 heteroatoms. The molecular weight excluding hydrogens is 328 g/mol. The van der Waals surface area contributed by atoms with Crippen LogP contribution in [0.3, 0.4) is 0 Å². The molecule has 2 fully saturated rings. The SMILES string of the molecule is CCN=C(NC1CCc2nc(C)nn2C1)NC1C2CCCOC2C1(C)C. The molecule has 1 aliphatic carbocycles. The number of hydrogen-bond acceptors (Lipinski definition) is 4. The fourth-order valence-corrected chi connectivity index (χ4v) is 5.00. The Morgan fingerprint density at radius 3 is 3.00 bits per heavy atom. The summed E-state index contributed by atoms with van der Waals surface area (Å²) in [5.74, 6) is 3.49. The van der Waals surface area contributed by atoms with E-state index in [2.05, 4.69) is 41.5 Å². The number of ether oxygens (including phenoxy) is 1. The molecule has 4 rings (SSSR count). The highest BCUT2D eigenvalue weighted by Crippen LogP contribution is 2.51. The fourth-order valence-electron chi connectivity index (χ4n) is 5.00. The number of nitrogens with zero attached hydrogens (tertiary/aromatic N) is 4. The smallest absolute Gasteiger partial charge is 0.191 e. The van der Waals surface area contributed by atoms with Crippen LogP contribution >= 0.6 is 0 Å². The van der Waals surface area contributed by atoms with Crippen LogP contribution < -0.4 is 10.6 Å². The highest BCUT2D eigenvalue weighted by molar-refractivity contribution is 5.80. The molecule has 2 aliphatic heterocycles. The van der Waals surface area contributed by atoms with E-state index in [1.165, 1.54) is 12.8 Å². The van der Waals surface area contributed by atoms with Crippen LogP contribution in [0.5, 0.6) is 0 Å². The van der Waals surface area contributed by atoms with Gasteiger partial charge < -0.3 is 15.4 Å². The first kappa shape index (κ1) is 17.8. The molecule has 4 unspecified atom stereocenters. The third-order valence-electron chi connectivity index (χ3n) is 6.24. The summed E-state index contributed by atoms with van der Waals surface area (Å²) in [5.41, 5.74) is 0.143. The Morgan fingerprint density at radius 2 is 2.19 bits per heavy atom. The molecule has 0 radical (unpaired) electrons. The van der Waals surface area contributed by atoms with Crippen molar-refractivity contribution in [2.24, 2.45) is 16.3 Å². The topological polar surface area (TPSA) is 76.4 Å². The Hall–Kier alpha value is -1.63. The van der Waals surface area contributed by atoms with Crippen LogP contribution in [0.15, 0.2) is 4.99 Å². The Morgan fingerprint density at radius 1 is 1.35 bits per heavy atom. The second-order valence-corrected chi connectivity index (χ2v) is 8.50. The van der Waals surface area contributed by atoms with Crippen LogP contribution in [0.4, 0.5) is 0 Å². The highest BCUT2D eigenvalue weighted by Gasteiger charge is 2.58. The van der Waals surface area contributed by atoms with E-state index in [1.807, 2.05) is 11.6 Å². The highest BCUT2D eigenvalue weighted by atomic mass is 16.5. The van der Waals surface area contributed by atoms with Crippen molar-refractivity contribution in [2.45, 2.75) is 78.1 Å². The Balaban J connectivity index is 1.41. The van der Waals surface area contributed by atoms with Crippen LogP contribution in [0, 0.1) is 18.3 Å². The number of hydrogen-bond donors (Lipinski definition) is 2. The number of aliphatic imine (C=N–C) groups is 1. The summed E-state index contributed by atoms with van der Waals surface area (Å²) in [7, 11) is 0. The van der Waals surface area contributed by atoms with Crippen molar-refractivity contribution in [3.05, 3.63) is 11.6 Å². The predicted molar refractivity (Wildman–Crippen MR) is 101 cm³/mol. The Bertz CT molecular complexity index is 682. The molecule has 1 saturated carbocycles. The van der Waals surface area contributed by atoms with Gasteiger partial charge in [-0.2, -0.15) is 5.10 Å². The first-order valence-electron chi connectivity index (χ1n) is 10.1. The van der Waals surface area contributed by atoms with Gasteiger partial charge >= 0.3 is 0 Å². The van der Waals surface area contributed by atoms with Gasteiger partial charge in [0.25, 0.3) is 0 Å². The number of guanidine groups is 1. The minimum absolute atomic E-state index is 0.143. The molecule has 26 heavy (non-hydrogen) atoms. The maximum atomic E-state index is 6.04. The molecule has 0 aromatic carbocycles. The molecular formula is C19H32N6O. The molecule has 4 atom stereocenters.